The van der Waals surface area contributed by atoms with E-state index in [0.29, 0.717) is 12.0 Å². The van der Waals surface area contributed by atoms with Crippen molar-refractivity contribution in [1.29, 1.82) is 0 Å². The zero-order valence-corrected chi connectivity index (χ0v) is 13.3. The van der Waals surface area contributed by atoms with Crippen LogP contribution < -0.4 is 0 Å². The normalized spacial score (nSPS) is 28.6. The molecule has 2 nitrogen and oxygen atoms in total. The van der Waals surface area contributed by atoms with E-state index in [9.17, 15) is 4.79 Å². The molecule has 2 rings (SSSR count). The van der Waals surface area contributed by atoms with Crippen molar-refractivity contribution < 1.29 is 4.79 Å². The van der Waals surface area contributed by atoms with Crippen LogP contribution in [0.1, 0.15) is 61.4 Å². The number of ketones is 1. The first-order valence-electron chi connectivity index (χ1n) is 7.21. The van der Waals surface area contributed by atoms with Crippen molar-refractivity contribution >= 4 is 17.4 Å². The van der Waals surface area contributed by atoms with E-state index in [1.54, 1.807) is 6.92 Å². The van der Waals surface area contributed by atoms with Crippen LogP contribution in [0.15, 0.2) is 6.07 Å². The Morgan fingerprint density at radius 3 is 2.47 bits per heavy atom. The van der Waals surface area contributed by atoms with Gasteiger partial charge in [-0.1, -0.05) is 13.8 Å². The summed E-state index contributed by atoms with van der Waals surface area (Å²) in [7, 11) is 0. The average Bonchev–Trinajstić information content (AvgIpc) is 2.81. The summed E-state index contributed by atoms with van der Waals surface area (Å²) in [5, 5.41) is -0.450. The van der Waals surface area contributed by atoms with Crippen molar-refractivity contribution in [1.82, 2.24) is 4.57 Å². The van der Waals surface area contributed by atoms with Gasteiger partial charge in [0, 0.05) is 23.0 Å². The lowest BCUT2D eigenvalue weighted by molar-refractivity contribution is 0.0991. The monoisotopic (exact) mass is 281 g/mol. The molecule has 1 fully saturated rings. The smallest absolute Gasteiger partial charge is 0.182 e. The molecule has 0 radical (unpaired) electrons. The maximum absolute atomic E-state index is 12.1. The molecule has 4 atom stereocenters. The fourth-order valence-electron chi connectivity index (χ4n) is 3.45. The molecule has 0 aliphatic heterocycles. The fraction of sp³-hybridized carbons (Fsp3) is 0.688. The zero-order chi connectivity index (χ0) is 14.3. The molecule has 0 bridgehead atoms. The minimum atomic E-state index is -0.450. The number of alkyl halides is 1. The highest BCUT2D eigenvalue weighted by atomic mass is 35.5. The van der Waals surface area contributed by atoms with Crippen molar-refractivity contribution in [2.45, 2.75) is 58.9 Å². The molecule has 0 amide bonds. The number of nitrogens with zero attached hydrogens (tertiary/aromatic N) is 1. The van der Waals surface area contributed by atoms with E-state index in [4.69, 9.17) is 11.6 Å². The molecule has 106 valence electrons. The number of aromatic nitrogens is 1. The molecular weight excluding hydrogens is 258 g/mol. The first-order chi connectivity index (χ1) is 8.84. The Labute approximate surface area is 121 Å². The predicted octanol–water partition coefficient (Wildman–Crippen LogP) is 4.52. The lowest BCUT2D eigenvalue weighted by Crippen LogP contribution is -2.18. The number of halogens is 1. The highest BCUT2D eigenvalue weighted by Gasteiger charge is 2.33. The van der Waals surface area contributed by atoms with Crippen LogP contribution in [0, 0.1) is 25.7 Å². The van der Waals surface area contributed by atoms with Gasteiger partial charge in [0.1, 0.15) is 0 Å². The average molecular weight is 282 g/mol. The van der Waals surface area contributed by atoms with Gasteiger partial charge in [-0.05, 0) is 51.5 Å². The van der Waals surface area contributed by atoms with Gasteiger partial charge in [-0.3, -0.25) is 4.79 Å². The molecule has 1 aromatic rings. The third-order valence-corrected chi connectivity index (χ3v) is 5.06. The number of hydrogen-bond acceptors (Lipinski definition) is 1. The Hall–Kier alpha value is -0.760. The summed E-state index contributed by atoms with van der Waals surface area (Å²) in [6.07, 6.45) is 2.49. The Morgan fingerprint density at radius 2 is 2.00 bits per heavy atom. The lowest BCUT2D eigenvalue weighted by Gasteiger charge is -2.24. The molecule has 4 unspecified atom stereocenters. The largest absolute Gasteiger partial charge is 0.345 e. The summed E-state index contributed by atoms with van der Waals surface area (Å²) < 4.78 is 2.36. The van der Waals surface area contributed by atoms with Crippen molar-refractivity contribution in [3.05, 3.63) is 23.0 Å². The van der Waals surface area contributed by atoms with Crippen LogP contribution in [0.2, 0.25) is 0 Å². The van der Waals surface area contributed by atoms with E-state index in [1.165, 1.54) is 18.5 Å². The molecule has 1 aromatic heterocycles. The minimum Gasteiger partial charge on any atom is -0.345 e. The first kappa shape index (κ1) is 14.6. The molecule has 0 aromatic carbocycles. The van der Waals surface area contributed by atoms with E-state index in [1.807, 2.05) is 6.07 Å². The van der Waals surface area contributed by atoms with E-state index in [-0.39, 0.29) is 5.78 Å². The summed E-state index contributed by atoms with van der Waals surface area (Å²) in [4.78, 5) is 12.1. The number of carbonyl (C=O) groups excluding carboxylic acids is 1. The van der Waals surface area contributed by atoms with Gasteiger partial charge in [-0.25, -0.2) is 0 Å². The molecule has 0 saturated heterocycles. The van der Waals surface area contributed by atoms with Crippen molar-refractivity contribution in [3.8, 4) is 0 Å². The quantitative estimate of drug-likeness (QED) is 0.590. The molecule has 0 N–H and O–H groups in total. The van der Waals surface area contributed by atoms with Crippen LogP contribution in [-0.4, -0.2) is 15.7 Å². The van der Waals surface area contributed by atoms with Gasteiger partial charge in [0.25, 0.3) is 0 Å². The second-order valence-electron chi connectivity index (χ2n) is 6.12. The second-order valence-corrected chi connectivity index (χ2v) is 6.77. The Balaban J connectivity index is 2.40. The summed E-state index contributed by atoms with van der Waals surface area (Å²) in [6, 6.07) is 2.54. The minimum absolute atomic E-state index is 0.0414. The molecular formula is C16H24ClNO. The van der Waals surface area contributed by atoms with E-state index in [0.717, 1.165) is 17.2 Å². The Morgan fingerprint density at radius 1 is 1.37 bits per heavy atom. The first-order valence-corrected chi connectivity index (χ1v) is 7.65. The van der Waals surface area contributed by atoms with Crippen LogP contribution in [0.25, 0.3) is 0 Å². The number of rotatable bonds is 3. The standard InChI is InChI=1S/C16H24ClNO/c1-9-6-7-15(11(9)3)18-10(2)8-14(13(18)5)16(19)12(4)17/h8-9,11-12,15H,6-7H2,1-5H3. The van der Waals surface area contributed by atoms with Gasteiger partial charge in [-0.15, -0.1) is 11.6 Å². The highest BCUT2D eigenvalue weighted by Crippen LogP contribution is 2.41. The Kier molecular flexibility index (Phi) is 4.10. The van der Waals surface area contributed by atoms with Crippen LogP contribution in [-0.2, 0) is 0 Å². The summed E-state index contributed by atoms with van der Waals surface area (Å²) >= 11 is 5.95. The Bertz CT molecular complexity index is 489. The maximum Gasteiger partial charge on any atom is 0.182 e. The second kappa shape index (κ2) is 5.32. The molecule has 3 heteroatoms. The molecule has 1 heterocycles. The van der Waals surface area contributed by atoms with Crippen LogP contribution in [0.3, 0.4) is 0 Å². The third kappa shape index (κ3) is 2.47. The van der Waals surface area contributed by atoms with Crippen LogP contribution >= 0.6 is 11.6 Å². The number of aryl methyl sites for hydroxylation is 1. The fourth-order valence-corrected chi connectivity index (χ4v) is 3.57. The van der Waals surface area contributed by atoms with Crippen molar-refractivity contribution in [2.24, 2.45) is 11.8 Å². The molecule has 1 saturated carbocycles. The lowest BCUT2D eigenvalue weighted by atomic mass is 9.97. The van der Waals surface area contributed by atoms with Gasteiger partial charge in [0.2, 0.25) is 0 Å². The van der Waals surface area contributed by atoms with Crippen molar-refractivity contribution in [2.75, 3.05) is 0 Å². The molecule has 19 heavy (non-hydrogen) atoms. The van der Waals surface area contributed by atoms with Gasteiger partial charge >= 0.3 is 0 Å². The molecule has 1 aliphatic carbocycles. The predicted molar refractivity (Wildman–Crippen MR) is 80.2 cm³/mol. The summed E-state index contributed by atoms with van der Waals surface area (Å²) in [5.74, 6) is 1.47. The van der Waals surface area contributed by atoms with Crippen LogP contribution in [0.4, 0.5) is 0 Å². The van der Waals surface area contributed by atoms with Crippen molar-refractivity contribution in [3.63, 3.8) is 0 Å². The van der Waals surface area contributed by atoms with Gasteiger partial charge in [-0.2, -0.15) is 0 Å². The van der Waals surface area contributed by atoms with Gasteiger partial charge in [0.15, 0.2) is 5.78 Å². The SMILES string of the molecule is Cc1cc(C(=O)C(C)Cl)c(C)n1C1CCC(C)C1C. The van der Waals surface area contributed by atoms with E-state index >= 15 is 0 Å². The van der Waals surface area contributed by atoms with E-state index in [2.05, 4.69) is 32.3 Å². The molecule has 1 aliphatic rings. The summed E-state index contributed by atoms with van der Waals surface area (Å²) in [5.41, 5.74) is 3.07. The van der Waals surface area contributed by atoms with E-state index < -0.39 is 5.38 Å². The number of hydrogen-bond donors (Lipinski definition) is 0. The van der Waals surface area contributed by atoms with Crippen LogP contribution in [0.5, 0.6) is 0 Å². The number of carbonyl (C=O) groups is 1. The molecule has 0 spiro atoms. The topological polar surface area (TPSA) is 22.0 Å². The third-order valence-electron chi connectivity index (χ3n) is 4.87. The number of Topliss-reactive ketones (excluding diaryl/α,β-unsaturated/α-hetero) is 1. The zero-order valence-electron chi connectivity index (χ0n) is 12.5. The van der Waals surface area contributed by atoms with Gasteiger partial charge < -0.3 is 4.57 Å². The highest BCUT2D eigenvalue weighted by molar-refractivity contribution is 6.33. The summed E-state index contributed by atoms with van der Waals surface area (Å²) in [6.45, 7) is 10.5. The maximum atomic E-state index is 12.1. The van der Waals surface area contributed by atoms with Gasteiger partial charge in [0.05, 0.1) is 5.38 Å².